The van der Waals surface area contributed by atoms with Crippen molar-refractivity contribution in [3.63, 3.8) is 0 Å². The van der Waals surface area contributed by atoms with Gasteiger partial charge in [0, 0.05) is 4.47 Å². The molecule has 142 valence electrons. The van der Waals surface area contributed by atoms with Crippen LogP contribution in [0.25, 0.3) is 0 Å². The predicted molar refractivity (Wildman–Crippen MR) is 113 cm³/mol. The Morgan fingerprint density at radius 2 is 1.50 bits per heavy atom. The molecule has 0 aliphatic carbocycles. The SMILES string of the molecule is C/C(=N\NC(=O)COc1ccc(Br)cc1)c1ccc(Oc2ccccc2)cc1. The molecule has 1 amide bonds. The molecule has 3 rings (SSSR count). The van der Waals surface area contributed by atoms with Crippen molar-refractivity contribution in [2.75, 3.05) is 6.61 Å². The number of hydrogen-bond donors (Lipinski definition) is 1. The fourth-order valence-electron chi connectivity index (χ4n) is 2.31. The summed E-state index contributed by atoms with van der Waals surface area (Å²) in [5.74, 6) is 1.80. The predicted octanol–water partition coefficient (Wildman–Crippen LogP) is 5.16. The number of hydrogen-bond acceptors (Lipinski definition) is 4. The summed E-state index contributed by atoms with van der Waals surface area (Å²) in [4.78, 5) is 11.9. The van der Waals surface area contributed by atoms with Gasteiger partial charge in [-0.05, 0) is 73.2 Å². The number of benzene rings is 3. The molecule has 0 unspecified atom stereocenters. The van der Waals surface area contributed by atoms with E-state index in [1.807, 2.05) is 73.7 Å². The van der Waals surface area contributed by atoms with E-state index in [9.17, 15) is 4.79 Å². The van der Waals surface area contributed by atoms with E-state index in [2.05, 4.69) is 26.5 Å². The van der Waals surface area contributed by atoms with Crippen LogP contribution in [0, 0.1) is 0 Å². The second-order valence-corrected chi connectivity index (χ2v) is 6.83. The van der Waals surface area contributed by atoms with E-state index >= 15 is 0 Å². The van der Waals surface area contributed by atoms with Crippen LogP contribution < -0.4 is 14.9 Å². The minimum absolute atomic E-state index is 0.109. The molecule has 0 spiro atoms. The summed E-state index contributed by atoms with van der Waals surface area (Å²) in [7, 11) is 0. The third-order valence-corrected chi connectivity index (χ3v) is 4.31. The molecule has 3 aromatic carbocycles. The largest absolute Gasteiger partial charge is 0.484 e. The summed E-state index contributed by atoms with van der Waals surface area (Å²) in [6.45, 7) is 1.71. The third-order valence-electron chi connectivity index (χ3n) is 3.78. The van der Waals surface area contributed by atoms with Gasteiger partial charge >= 0.3 is 0 Å². The average molecular weight is 439 g/mol. The van der Waals surface area contributed by atoms with Gasteiger partial charge < -0.3 is 9.47 Å². The van der Waals surface area contributed by atoms with E-state index in [4.69, 9.17) is 9.47 Å². The molecule has 0 aromatic heterocycles. The van der Waals surface area contributed by atoms with Crippen molar-refractivity contribution in [1.29, 1.82) is 0 Å². The van der Waals surface area contributed by atoms with E-state index in [-0.39, 0.29) is 12.5 Å². The topological polar surface area (TPSA) is 59.9 Å². The van der Waals surface area contributed by atoms with Gasteiger partial charge in [-0.25, -0.2) is 5.43 Å². The van der Waals surface area contributed by atoms with Crippen LogP contribution in [0.3, 0.4) is 0 Å². The molecule has 0 atom stereocenters. The number of carbonyl (C=O) groups excluding carboxylic acids is 1. The first-order valence-corrected chi connectivity index (χ1v) is 9.44. The summed E-state index contributed by atoms with van der Waals surface area (Å²) in [5, 5.41) is 4.12. The minimum Gasteiger partial charge on any atom is -0.484 e. The molecule has 0 fully saturated rings. The maximum atomic E-state index is 11.9. The Hall–Kier alpha value is -3.12. The quantitative estimate of drug-likeness (QED) is 0.409. The zero-order valence-electron chi connectivity index (χ0n) is 15.3. The second-order valence-electron chi connectivity index (χ2n) is 5.91. The lowest BCUT2D eigenvalue weighted by atomic mass is 10.1. The van der Waals surface area contributed by atoms with Gasteiger partial charge in [-0.2, -0.15) is 5.10 Å². The molecule has 28 heavy (non-hydrogen) atoms. The highest BCUT2D eigenvalue weighted by atomic mass is 79.9. The van der Waals surface area contributed by atoms with Crippen molar-refractivity contribution >= 4 is 27.5 Å². The molecule has 0 aliphatic rings. The highest BCUT2D eigenvalue weighted by molar-refractivity contribution is 9.10. The summed E-state index contributed by atoms with van der Waals surface area (Å²) in [6, 6.07) is 24.3. The smallest absolute Gasteiger partial charge is 0.277 e. The normalized spacial score (nSPS) is 11.0. The lowest BCUT2D eigenvalue weighted by Crippen LogP contribution is -2.25. The Labute approximate surface area is 172 Å². The van der Waals surface area contributed by atoms with Crippen LogP contribution in [0.15, 0.2) is 88.4 Å². The van der Waals surface area contributed by atoms with Gasteiger partial charge in [-0.1, -0.05) is 34.1 Å². The lowest BCUT2D eigenvalue weighted by Gasteiger charge is -2.07. The van der Waals surface area contributed by atoms with E-state index in [0.717, 1.165) is 21.5 Å². The number of para-hydroxylation sites is 1. The molecular weight excluding hydrogens is 420 g/mol. The number of ether oxygens (including phenoxy) is 2. The summed E-state index contributed by atoms with van der Waals surface area (Å²) < 4.78 is 12.1. The number of amides is 1. The van der Waals surface area contributed by atoms with Crippen molar-refractivity contribution in [2.24, 2.45) is 5.10 Å². The van der Waals surface area contributed by atoms with Crippen LogP contribution in [0.1, 0.15) is 12.5 Å². The van der Waals surface area contributed by atoms with Gasteiger partial charge in [-0.3, -0.25) is 4.79 Å². The van der Waals surface area contributed by atoms with Crippen molar-refractivity contribution in [2.45, 2.75) is 6.92 Å². The molecule has 6 heteroatoms. The summed E-state index contributed by atoms with van der Waals surface area (Å²) in [6.07, 6.45) is 0. The van der Waals surface area contributed by atoms with Crippen LogP contribution in [0.5, 0.6) is 17.2 Å². The molecule has 3 aromatic rings. The Morgan fingerprint density at radius 1 is 0.893 bits per heavy atom. The summed E-state index contributed by atoms with van der Waals surface area (Å²) >= 11 is 3.35. The van der Waals surface area contributed by atoms with Crippen molar-refractivity contribution in [3.05, 3.63) is 88.9 Å². The molecule has 0 saturated heterocycles. The van der Waals surface area contributed by atoms with Gasteiger partial charge in [0.05, 0.1) is 5.71 Å². The number of nitrogens with one attached hydrogen (secondary N) is 1. The van der Waals surface area contributed by atoms with Gasteiger partial charge in [0.1, 0.15) is 17.2 Å². The maximum Gasteiger partial charge on any atom is 0.277 e. The molecule has 0 saturated carbocycles. The van der Waals surface area contributed by atoms with E-state index in [1.165, 1.54) is 0 Å². The average Bonchev–Trinajstić information content (AvgIpc) is 2.73. The number of rotatable bonds is 7. The Kier molecular flexibility index (Phi) is 6.81. The fourth-order valence-corrected chi connectivity index (χ4v) is 2.58. The van der Waals surface area contributed by atoms with Crippen molar-refractivity contribution < 1.29 is 14.3 Å². The van der Waals surface area contributed by atoms with Crippen LogP contribution in [-0.2, 0) is 4.79 Å². The number of nitrogens with zero attached hydrogens (tertiary/aromatic N) is 1. The Balaban J connectivity index is 1.51. The first-order valence-electron chi connectivity index (χ1n) is 8.65. The molecule has 0 heterocycles. The van der Waals surface area contributed by atoms with Crippen molar-refractivity contribution in [1.82, 2.24) is 5.43 Å². The van der Waals surface area contributed by atoms with E-state index in [0.29, 0.717) is 11.5 Å². The zero-order valence-corrected chi connectivity index (χ0v) is 16.8. The molecule has 1 N–H and O–H groups in total. The second kappa shape index (κ2) is 9.71. The van der Waals surface area contributed by atoms with E-state index in [1.54, 1.807) is 12.1 Å². The van der Waals surface area contributed by atoms with Crippen LogP contribution >= 0.6 is 15.9 Å². The third kappa shape index (κ3) is 5.96. The Morgan fingerprint density at radius 3 is 2.18 bits per heavy atom. The molecule has 0 aliphatic heterocycles. The van der Waals surface area contributed by atoms with Crippen LogP contribution in [0.4, 0.5) is 0 Å². The first kappa shape index (κ1) is 19.6. The molecule has 0 radical (unpaired) electrons. The van der Waals surface area contributed by atoms with Gasteiger partial charge in [0.2, 0.25) is 0 Å². The highest BCUT2D eigenvalue weighted by Gasteiger charge is 2.04. The fraction of sp³-hybridized carbons (Fsp3) is 0.0909. The van der Waals surface area contributed by atoms with Crippen LogP contribution in [0.2, 0.25) is 0 Å². The highest BCUT2D eigenvalue weighted by Crippen LogP contribution is 2.21. The first-order chi connectivity index (χ1) is 13.6. The van der Waals surface area contributed by atoms with Crippen LogP contribution in [-0.4, -0.2) is 18.2 Å². The minimum atomic E-state index is -0.328. The number of carbonyl (C=O) groups is 1. The summed E-state index contributed by atoms with van der Waals surface area (Å²) in [5.41, 5.74) is 4.07. The molecule has 0 bridgehead atoms. The zero-order chi connectivity index (χ0) is 19.8. The van der Waals surface area contributed by atoms with Gasteiger partial charge in [0.15, 0.2) is 6.61 Å². The lowest BCUT2D eigenvalue weighted by molar-refractivity contribution is -0.123. The monoisotopic (exact) mass is 438 g/mol. The van der Waals surface area contributed by atoms with Crippen molar-refractivity contribution in [3.8, 4) is 17.2 Å². The van der Waals surface area contributed by atoms with Gasteiger partial charge in [0.25, 0.3) is 5.91 Å². The molecule has 5 nitrogen and oxygen atoms in total. The number of halogens is 1. The Bertz CT molecular complexity index is 940. The maximum absolute atomic E-state index is 11.9. The van der Waals surface area contributed by atoms with Gasteiger partial charge in [-0.15, -0.1) is 0 Å². The standard InChI is InChI=1S/C22H19BrN2O3/c1-16(24-25-22(26)15-27-19-13-9-18(23)10-14-19)17-7-11-21(12-8-17)28-20-5-3-2-4-6-20/h2-14H,15H2,1H3,(H,25,26)/b24-16+. The molecular formula is C22H19BrN2O3. The van der Waals surface area contributed by atoms with E-state index < -0.39 is 0 Å². The number of hydrazone groups is 1.